The van der Waals surface area contributed by atoms with Crippen LogP contribution in [0, 0.1) is 24.0 Å². The summed E-state index contributed by atoms with van der Waals surface area (Å²) in [4.78, 5) is 42.8. The maximum absolute atomic E-state index is 13.1. The van der Waals surface area contributed by atoms with Gasteiger partial charge in [0.05, 0.1) is 29.5 Å². The number of hydrogen-bond acceptors (Lipinski definition) is 7. The van der Waals surface area contributed by atoms with E-state index in [1.54, 1.807) is 4.90 Å². The van der Waals surface area contributed by atoms with Crippen molar-refractivity contribution in [1.29, 1.82) is 0 Å². The number of ether oxygens (including phenoxy) is 1. The van der Waals surface area contributed by atoms with Crippen LogP contribution in [0.5, 0.6) is 5.75 Å². The van der Waals surface area contributed by atoms with Crippen molar-refractivity contribution in [3.8, 4) is 5.75 Å². The molecule has 1 atom stereocenters. The molecule has 172 valence electrons. The van der Waals surface area contributed by atoms with Crippen LogP contribution < -0.4 is 10.1 Å². The molecular weight excluding hydrogens is 444 g/mol. The molecular formula is C23H24N4O5S. The monoisotopic (exact) mass is 468 g/mol. The van der Waals surface area contributed by atoms with E-state index in [0.29, 0.717) is 10.9 Å². The molecule has 4 rings (SSSR count). The number of amidine groups is 1. The third-order valence-electron chi connectivity index (χ3n) is 5.50. The Balaban J connectivity index is 1.51. The normalized spacial score (nSPS) is 19.1. The lowest BCUT2D eigenvalue weighted by molar-refractivity contribution is -0.384. The summed E-state index contributed by atoms with van der Waals surface area (Å²) in [6.07, 6.45) is 1.81. The first-order valence-corrected chi connectivity index (χ1v) is 11.4. The van der Waals surface area contributed by atoms with Crippen molar-refractivity contribution in [2.24, 2.45) is 4.99 Å². The number of amides is 2. The predicted molar refractivity (Wildman–Crippen MR) is 127 cm³/mol. The van der Waals surface area contributed by atoms with Gasteiger partial charge >= 0.3 is 0 Å². The van der Waals surface area contributed by atoms with Crippen molar-refractivity contribution in [1.82, 2.24) is 4.90 Å². The number of rotatable bonds is 7. The molecule has 1 aliphatic heterocycles. The molecule has 2 aromatic carbocycles. The number of nitrogens with one attached hydrogen (secondary N) is 1. The molecule has 2 fully saturated rings. The number of nitrogens with zero attached hydrogens (tertiary/aromatic N) is 3. The van der Waals surface area contributed by atoms with Gasteiger partial charge in [0, 0.05) is 18.5 Å². The minimum Gasteiger partial charge on any atom is -0.494 e. The van der Waals surface area contributed by atoms with E-state index in [-0.39, 0.29) is 35.7 Å². The van der Waals surface area contributed by atoms with Crippen molar-refractivity contribution in [3.05, 3.63) is 57.6 Å². The van der Waals surface area contributed by atoms with E-state index >= 15 is 0 Å². The molecule has 2 amide bonds. The highest BCUT2D eigenvalue weighted by Crippen LogP contribution is 2.40. The number of non-ortho nitro benzene ring substituents is 1. The number of aryl methyl sites for hydroxylation is 2. The molecule has 9 nitrogen and oxygen atoms in total. The van der Waals surface area contributed by atoms with Gasteiger partial charge in [-0.15, -0.1) is 0 Å². The second-order valence-electron chi connectivity index (χ2n) is 8.12. The van der Waals surface area contributed by atoms with Crippen LogP contribution in [0.15, 0.2) is 41.4 Å². The van der Waals surface area contributed by atoms with Gasteiger partial charge in [-0.1, -0.05) is 23.9 Å². The Morgan fingerprint density at radius 2 is 2.03 bits per heavy atom. The number of carbonyl (C=O) groups excluding carboxylic acids is 2. The molecule has 0 spiro atoms. The lowest BCUT2D eigenvalue weighted by Crippen LogP contribution is -2.35. The number of methoxy groups -OCH3 is 1. The molecule has 1 N–H and O–H groups in total. The lowest BCUT2D eigenvalue weighted by atomic mass is 10.1. The highest BCUT2D eigenvalue weighted by atomic mass is 32.2. The first kappa shape index (κ1) is 22.8. The molecule has 10 heteroatoms. The molecule has 1 heterocycles. The van der Waals surface area contributed by atoms with Crippen molar-refractivity contribution in [2.45, 2.75) is 44.4 Å². The third-order valence-corrected chi connectivity index (χ3v) is 6.65. The maximum atomic E-state index is 13.1. The SMILES string of the molecule is COc1cc([N+](=O)[O-])ccc1NC(=O)CC1SC(=Nc2cc(C)ccc2C)N(C2CC2)C1=O. The smallest absolute Gasteiger partial charge is 0.273 e. The van der Waals surface area contributed by atoms with Crippen LogP contribution in [0.25, 0.3) is 0 Å². The first-order valence-electron chi connectivity index (χ1n) is 10.5. The number of benzene rings is 2. The largest absolute Gasteiger partial charge is 0.494 e. The van der Waals surface area contributed by atoms with Gasteiger partial charge in [-0.3, -0.25) is 24.6 Å². The van der Waals surface area contributed by atoms with E-state index in [0.717, 1.165) is 29.7 Å². The number of aliphatic imine (C=N–C) groups is 1. The number of hydrogen-bond donors (Lipinski definition) is 1. The molecule has 0 aromatic heterocycles. The van der Waals surface area contributed by atoms with E-state index < -0.39 is 10.2 Å². The summed E-state index contributed by atoms with van der Waals surface area (Å²) in [5, 5.41) is 13.7. The highest BCUT2D eigenvalue weighted by Gasteiger charge is 2.46. The van der Waals surface area contributed by atoms with Crippen molar-refractivity contribution in [2.75, 3.05) is 12.4 Å². The van der Waals surface area contributed by atoms with E-state index in [9.17, 15) is 19.7 Å². The standard InChI is InChI=1S/C23H24N4O5S/c1-13-4-5-14(2)18(10-13)25-23-26(15-6-7-15)22(29)20(33-23)12-21(28)24-17-9-8-16(27(30)31)11-19(17)32-3/h4-5,8-11,15,20H,6-7,12H2,1-3H3,(H,24,28). The Morgan fingerprint density at radius 3 is 2.70 bits per heavy atom. The second-order valence-corrected chi connectivity index (χ2v) is 9.29. The molecule has 2 aromatic rings. The molecule has 1 saturated carbocycles. The summed E-state index contributed by atoms with van der Waals surface area (Å²) < 4.78 is 5.17. The van der Waals surface area contributed by atoms with Gasteiger partial charge in [0.2, 0.25) is 11.8 Å². The molecule has 2 aliphatic rings. The number of nitro benzene ring substituents is 1. The van der Waals surface area contributed by atoms with Crippen LogP contribution in [0.2, 0.25) is 0 Å². The van der Waals surface area contributed by atoms with Crippen LogP contribution in [0.4, 0.5) is 17.1 Å². The van der Waals surface area contributed by atoms with Crippen molar-refractivity contribution < 1.29 is 19.2 Å². The average molecular weight is 469 g/mol. The average Bonchev–Trinajstić information content (AvgIpc) is 3.56. The Labute approximate surface area is 195 Å². The Morgan fingerprint density at radius 1 is 1.27 bits per heavy atom. The van der Waals surface area contributed by atoms with Gasteiger partial charge in [-0.25, -0.2) is 4.99 Å². The summed E-state index contributed by atoms with van der Waals surface area (Å²) in [6, 6.07) is 10.1. The highest BCUT2D eigenvalue weighted by molar-refractivity contribution is 8.15. The van der Waals surface area contributed by atoms with E-state index in [2.05, 4.69) is 5.32 Å². The van der Waals surface area contributed by atoms with Gasteiger partial charge in [0.1, 0.15) is 11.0 Å². The zero-order chi connectivity index (χ0) is 23.7. The van der Waals surface area contributed by atoms with Gasteiger partial charge in [-0.05, 0) is 49.9 Å². The van der Waals surface area contributed by atoms with E-state index in [4.69, 9.17) is 9.73 Å². The van der Waals surface area contributed by atoms with Crippen LogP contribution in [0.3, 0.4) is 0 Å². The number of anilines is 1. The summed E-state index contributed by atoms with van der Waals surface area (Å²) in [5.74, 6) is -0.311. The van der Waals surface area contributed by atoms with Crippen LogP contribution in [-0.2, 0) is 9.59 Å². The third kappa shape index (κ3) is 5.00. The number of nitro groups is 1. The van der Waals surface area contributed by atoms with Crippen molar-refractivity contribution >= 4 is 45.8 Å². The van der Waals surface area contributed by atoms with Crippen LogP contribution in [0.1, 0.15) is 30.4 Å². The zero-order valence-corrected chi connectivity index (χ0v) is 19.3. The molecule has 1 aliphatic carbocycles. The molecule has 1 saturated heterocycles. The first-order chi connectivity index (χ1) is 15.8. The molecule has 1 unspecified atom stereocenters. The Bertz CT molecular complexity index is 1160. The molecule has 0 radical (unpaired) electrons. The Hall–Kier alpha value is -3.40. The van der Waals surface area contributed by atoms with Gasteiger partial charge in [-0.2, -0.15) is 0 Å². The fourth-order valence-electron chi connectivity index (χ4n) is 3.57. The number of carbonyl (C=O) groups is 2. The van der Waals surface area contributed by atoms with Gasteiger partial charge < -0.3 is 10.1 Å². The minimum atomic E-state index is -0.585. The second kappa shape index (κ2) is 9.22. The summed E-state index contributed by atoms with van der Waals surface area (Å²) in [7, 11) is 1.37. The predicted octanol–water partition coefficient (Wildman–Crippen LogP) is 4.34. The fourth-order valence-corrected chi connectivity index (χ4v) is 4.78. The summed E-state index contributed by atoms with van der Waals surface area (Å²) >= 11 is 1.30. The topological polar surface area (TPSA) is 114 Å². The van der Waals surface area contributed by atoms with E-state index in [1.165, 1.54) is 37.1 Å². The zero-order valence-electron chi connectivity index (χ0n) is 18.5. The maximum Gasteiger partial charge on any atom is 0.273 e. The fraction of sp³-hybridized carbons (Fsp3) is 0.348. The Kier molecular flexibility index (Phi) is 6.37. The molecule has 0 bridgehead atoms. The van der Waals surface area contributed by atoms with Gasteiger partial charge in [0.25, 0.3) is 5.69 Å². The molecule has 33 heavy (non-hydrogen) atoms. The quantitative estimate of drug-likeness (QED) is 0.477. The van der Waals surface area contributed by atoms with E-state index in [1.807, 2.05) is 32.0 Å². The number of thioether (sulfide) groups is 1. The van der Waals surface area contributed by atoms with Crippen molar-refractivity contribution in [3.63, 3.8) is 0 Å². The lowest BCUT2D eigenvalue weighted by Gasteiger charge is -2.16. The van der Waals surface area contributed by atoms with Crippen LogP contribution >= 0.6 is 11.8 Å². The van der Waals surface area contributed by atoms with Gasteiger partial charge in [0.15, 0.2) is 5.17 Å². The minimum absolute atomic E-state index is 0.0430. The summed E-state index contributed by atoms with van der Waals surface area (Å²) in [6.45, 7) is 3.97. The summed E-state index contributed by atoms with van der Waals surface area (Å²) in [5.41, 5.74) is 3.09. The van der Waals surface area contributed by atoms with Crippen LogP contribution in [-0.4, -0.2) is 45.2 Å².